The number of carbonyl (C=O) groups is 2. The predicted molar refractivity (Wildman–Crippen MR) is 328 cm³/mol. The molecule has 9 nitrogen and oxygen atoms in total. The fourth-order valence-corrected chi connectivity index (χ4v) is 10.6. The number of rotatable bonds is 62. The maximum Gasteiger partial charge on any atom is 0.306 e. The zero-order valence-electron chi connectivity index (χ0n) is 51.7. The van der Waals surface area contributed by atoms with E-state index in [2.05, 4.69) is 50.3 Å². The van der Waals surface area contributed by atoms with Crippen LogP contribution in [0.25, 0.3) is 0 Å². The van der Waals surface area contributed by atoms with E-state index in [1.54, 1.807) is 0 Å². The molecular weight excluding hydrogens is 978 g/mol. The van der Waals surface area contributed by atoms with E-state index in [9.17, 15) is 19.0 Å². The largest absolute Gasteiger partial charge is 0.756 e. The zero-order valence-corrected chi connectivity index (χ0v) is 52.6. The summed E-state index contributed by atoms with van der Waals surface area (Å²) in [5.74, 6) is -0.840. The molecule has 0 aromatic heterocycles. The third-order valence-corrected chi connectivity index (χ3v) is 15.9. The molecule has 0 rings (SSSR count). The van der Waals surface area contributed by atoms with E-state index in [-0.39, 0.29) is 32.0 Å². The van der Waals surface area contributed by atoms with Crippen molar-refractivity contribution in [1.82, 2.24) is 0 Å². The van der Waals surface area contributed by atoms with Crippen molar-refractivity contribution in [3.05, 3.63) is 36.5 Å². The standard InChI is InChI=1S/C67H128NO8P/c1-6-8-10-12-14-16-18-20-22-23-24-25-26-27-28-29-30-31-32-33-34-35-36-37-38-39-40-41-42-43-44-46-47-49-51-53-55-57-59-66(69)73-63-65(64-75-77(71,72)74-62-61-68(3,4)5)76-67(70)60-58-56-54-52-50-48-45-21-19-17-15-13-11-9-7-2/h9,11,15,17,21,45,65H,6-8,10,12-14,16,18-20,22-44,46-64H2,1-5H3/b11-9-,17-15-,45-21-. The van der Waals surface area contributed by atoms with Crippen LogP contribution in [0.5, 0.6) is 0 Å². The lowest BCUT2D eigenvalue weighted by Gasteiger charge is -2.28. The lowest BCUT2D eigenvalue weighted by atomic mass is 10.0. The van der Waals surface area contributed by atoms with Gasteiger partial charge in [0.25, 0.3) is 7.82 Å². The van der Waals surface area contributed by atoms with E-state index >= 15 is 0 Å². The van der Waals surface area contributed by atoms with Crippen LogP contribution in [-0.4, -0.2) is 70.0 Å². The average molecular weight is 1110 g/mol. The molecule has 0 aromatic rings. The van der Waals surface area contributed by atoms with Gasteiger partial charge in [-0.05, 0) is 44.9 Å². The molecule has 0 aromatic carbocycles. The second-order valence-electron chi connectivity index (χ2n) is 23.8. The van der Waals surface area contributed by atoms with Gasteiger partial charge in [-0.15, -0.1) is 0 Å². The summed E-state index contributed by atoms with van der Waals surface area (Å²) in [5, 5.41) is 0. The number of hydrogen-bond acceptors (Lipinski definition) is 8. The first kappa shape index (κ1) is 75.2. The Bertz CT molecular complexity index is 1390. The number of carbonyl (C=O) groups excluding carboxylic acids is 2. The Balaban J connectivity index is 3.86. The molecule has 10 heteroatoms. The predicted octanol–water partition coefficient (Wildman–Crippen LogP) is 20.5. The van der Waals surface area contributed by atoms with Gasteiger partial charge in [0.15, 0.2) is 6.10 Å². The summed E-state index contributed by atoms with van der Waals surface area (Å²) in [6.45, 7) is 4.15. The summed E-state index contributed by atoms with van der Waals surface area (Å²) in [6, 6.07) is 0. The highest BCUT2D eigenvalue weighted by atomic mass is 31.2. The van der Waals surface area contributed by atoms with E-state index in [4.69, 9.17) is 18.5 Å². The smallest absolute Gasteiger partial charge is 0.306 e. The maximum absolute atomic E-state index is 12.8. The van der Waals surface area contributed by atoms with Crippen LogP contribution in [0, 0.1) is 0 Å². The fourth-order valence-electron chi connectivity index (χ4n) is 9.85. The third-order valence-electron chi connectivity index (χ3n) is 14.9. The lowest BCUT2D eigenvalue weighted by Crippen LogP contribution is -2.37. The van der Waals surface area contributed by atoms with Crippen molar-refractivity contribution < 1.29 is 42.1 Å². The van der Waals surface area contributed by atoms with Gasteiger partial charge < -0.3 is 27.9 Å². The Morgan fingerprint density at radius 3 is 1.10 bits per heavy atom. The van der Waals surface area contributed by atoms with Gasteiger partial charge in [0, 0.05) is 12.8 Å². The topological polar surface area (TPSA) is 111 Å². The van der Waals surface area contributed by atoms with Crippen LogP contribution in [0.2, 0.25) is 0 Å². The van der Waals surface area contributed by atoms with Crippen LogP contribution in [-0.2, 0) is 32.7 Å². The van der Waals surface area contributed by atoms with Gasteiger partial charge in [0.05, 0.1) is 27.7 Å². The van der Waals surface area contributed by atoms with Gasteiger partial charge in [0.1, 0.15) is 19.8 Å². The first-order valence-electron chi connectivity index (χ1n) is 33.2. The second kappa shape index (κ2) is 58.9. The Hall–Kier alpha value is -1.77. The first-order valence-corrected chi connectivity index (χ1v) is 34.7. The Kier molecular flexibility index (Phi) is 57.5. The highest BCUT2D eigenvalue weighted by Crippen LogP contribution is 2.38. The van der Waals surface area contributed by atoms with Gasteiger partial charge in [-0.2, -0.15) is 0 Å². The average Bonchev–Trinajstić information content (AvgIpc) is 3.39. The van der Waals surface area contributed by atoms with E-state index in [0.717, 1.165) is 70.6 Å². The van der Waals surface area contributed by atoms with E-state index in [1.165, 1.54) is 225 Å². The molecule has 0 N–H and O–H groups in total. The molecule has 0 spiro atoms. The normalized spacial score (nSPS) is 13.4. The van der Waals surface area contributed by atoms with Crippen LogP contribution in [0.15, 0.2) is 36.5 Å². The highest BCUT2D eigenvalue weighted by Gasteiger charge is 2.22. The van der Waals surface area contributed by atoms with Crippen LogP contribution >= 0.6 is 7.82 Å². The van der Waals surface area contributed by atoms with Crippen LogP contribution in [0.4, 0.5) is 0 Å². The van der Waals surface area contributed by atoms with E-state index < -0.39 is 26.5 Å². The molecule has 0 amide bonds. The number of allylic oxidation sites excluding steroid dienone is 6. The van der Waals surface area contributed by atoms with Gasteiger partial charge >= 0.3 is 11.9 Å². The molecule has 0 aliphatic rings. The molecule has 0 heterocycles. The van der Waals surface area contributed by atoms with Crippen molar-refractivity contribution in [2.45, 2.75) is 335 Å². The molecule has 0 aliphatic carbocycles. The SMILES string of the molecule is CC/C=C\C/C=C\C/C=C\CCCCCCCC(=O)OC(COC(=O)CCCCCCCCCCCCCCCCCCCCCCCCCCCCCCCCCCCCCCCC)COP(=O)([O-])OCC[N+](C)(C)C. The minimum Gasteiger partial charge on any atom is -0.756 e. The number of unbranched alkanes of at least 4 members (excludes halogenated alkanes) is 42. The van der Waals surface area contributed by atoms with E-state index in [0.29, 0.717) is 17.4 Å². The third kappa shape index (κ3) is 63.3. The van der Waals surface area contributed by atoms with Gasteiger partial charge in [-0.3, -0.25) is 14.2 Å². The van der Waals surface area contributed by atoms with Crippen LogP contribution in [0.1, 0.15) is 328 Å². The minimum absolute atomic E-state index is 0.0334. The molecule has 0 aliphatic heterocycles. The molecule has 0 saturated heterocycles. The van der Waals surface area contributed by atoms with Crippen LogP contribution in [0.3, 0.4) is 0 Å². The summed E-state index contributed by atoms with van der Waals surface area (Å²) in [6.07, 6.45) is 74.0. The molecule has 0 bridgehead atoms. The Morgan fingerprint density at radius 1 is 0.416 bits per heavy atom. The number of ether oxygens (including phenoxy) is 2. The summed E-state index contributed by atoms with van der Waals surface area (Å²) < 4.78 is 34.1. The molecule has 0 fully saturated rings. The van der Waals surface area contributed by atoms with Crippen molar-refractivity contribution in [3.63, 3.8) is 0 Å². The zero-order chi connectivity index (χ0) is 56.3. The number of hydrogen-bond donors (Lipinski definition) is 0. The van der Waals surface area contributed by atoms with Crippen molar-refractivity contribution >= 4 is 19.8 Å². The number of quaternary nitrogens is 1. The highest BCUT2D eigenvalue weighted by molar-refractivity contribution is 7.45. The van der Waals surface area contributed by atoms with Crippen molar-refractivity contribution in [2.24, 2.45) is 0 Å². The van der Waals surface area contributed by atoms with Gasteiger partial charge in [-0.25, -0.2) is 0 Å². The monoisotopic (exact) mass is 1110 g/mol. The molecule has 2 atom stereocenters. The summed E-state index contributed by atoms with van der Waals surface area (Å²) in [5.41, 5.74) is 0. The quantitative estimate of drug-likeness (QED) is 0.0195. The summed E-state index contributed by atoms with van der Waals surface area (Å²) >= 11 is 0. The van der Waals surface area contributed by atoms with Gasteiger partial charge in [-0.1, -0.05) is 307 Å². The number of esters is 2. The number of nitrogens with zero attached hydrogens (tertiary/aromatic N) is 1. The molecule has 2 unspecified atom stereocenters. The number of likely N-dealkylation sites (N-methyl/N-ethyl adjacent to an activating group) is 1. The minimum atomic E-state index is -4.64. The molecular formula is C67H128NO8P. The van der Waals surface area contributed by atoms with Crippen LogP contribution < -0.4 is 4.89 Å². The fraction of sp³-hybridized carbons (Fsp3) is 0.881. The molecule has 0 saturated carbocycles. The van der Waals surface area contributed by atoms with E-state index in [1.807, 2.05) is 21.1 Å². The molecule has 454 valence electrons. The number of phosphoric ester groups is 1. The lowest BCUT2D eigenvalue weighted by molar-refractivity contribution is -0.870. The maximum atomic E-state index is 12.8. The van der Waals surface area contributed by atoms with Crippen molar-refractivity contribution in [2.75, 3.05) is 47.5 Å². The molecule has 0 radical (unpaired) electrons. The van der Waals surface area contributed by atoms with Gasteiger partial charge in [0.2, 0.25) is 0 Å². The second-order valence-corrected chi connectivity index (χ2v) is 25.2. The first-order chi connectivity index (χ1) is 37.5. The summed E-state index contributed by atoms with van der Waals surface area (Å²) in [7, 11) is 1.16. The van der Waals surface area contributed by atoms with Crippen molar-refractivity contribution in [1.29, 1.82) is 0 Å². The molecule has 77 heavy (non-hydrogen) atoms. The Labute approximate surface area is 478 Å². The summed E-state index contributed by atoms with van der Waals surface area (Å²) in [4.78, 5) is 37.9. The number of phosphoric acid groups is 1. The Morgan fingerprint density at radius 2 is 0.740 bits per heavy atom. The van der Waals surface area contributed by atoms with Crippen molar-refractivity contribution in [3.8, 4) is 0 Å².